The number of H-pyrrole nitrogens is 1. The molecule has 0 saturated carbocycles. The first-order chi connectivity index (χ1) is 13.5. The first-order valence-corrected chi connectivity index (χ1v) is 9.84. The minimum absolute atomic E-state index is 0.0148. The summed E-state index contributed by atoms with van der Waals surface area (Å²) in [5, 5.41) is 3.12. The lowest BCUT2D eigenvalue weighted by Crippen LogP contribution is -2.37. The summed E-state index contributed by atoms with van der Waals surface area (Å²) in [5.74, 6) is 0.738. The molecule has 0 aliphatic carbocycles. The third-order valence-electron chi connectivity index (χ3n) is 4.31. The van der Waals surface area contributed by atoms with Crippen molar-refractivity contribution in [3.8, 4) is 11.5 Å². The van der Waals surface area contributed by atoms with Crippen molar-refractivity contribution in [1.82, 2.24) is 14.9 Å². The van der Waals surface area contributed by atoms with Crippen molar-refractivity contribution in [2.75, 3.05) is 19.8 Å². The van der Waals surface area contributed by atoms with E-state index in [9.17, 15) is 14.4 Å². The number of nitrogens with one attached hydrogen (secondary N) is 2. The molecular formula is C20H29N3O5. The lowest BCUT2D eigenvalue weighted by molar-refractivity contribution is -0.121. The molecule has 1 amide bonds. The second-order valence-electron chi connectivity index (χ2n) is 6.40. The molecule has 8 nitrogen and oxygen atoms in total. The Hall–Kier alpha value is -2.77. The average molecular weight is 391 g/mol. The molecule has 154 valence electrons. The molecule has 0 bridgehead atoms. The summed E-state index contributed by atoms with van der Waals surface area (Å²) in [6, 6.07) is 3.17. The quantitative estimate of drug-likeness (QED) is 0.572. The highest BCUT2D eigenvalue weighted by atomic mass is 16.5. The molecule has 2 rings (SSSR count). The van der Waals surface area contributed by atoms with E-state index in [0.29, 0.717) is 42.2 Å². The van der Waals surface area contributed by atoms with Gasteiger partial charge in [0.05, 0.1) is 24.1 Å². The van der Waals surface area contributed by atoms with Crippen LogP contribution in [0.2, 0.25) is 0 Å². The summed E-state index contributed by atoms with van der Waals surface area (Å²) in [5.41, 5.74) is -0.633. The zero-order valence-electron chi connectivity index (χ0n) is 16.8. The highest BCUT2D eigenvalue weighted by molar-refractivity contribution is 5.81. The van der Waals surface area contributed by atoms with Gasteiger partial charge < -0.3 is 19.8 Å². The Labute approximate surface area is 163 Å². The van der Waals surface area contributed by atoms with Gasteiger partial charge in [-0.2, -0.15) is 0 Å². The Morgan fingerprint density at radius 1 is 1.07 bits per heavy atom. The van der Waals surface area contributed by atoms with E-state index >= 15 is 0 Å². The van der Waals surface area contributed by atoms with Gasteiger partial charge in [-0.1, -0.05) is 19.8 Å². The topological polar surface area (TPSA) is 102 Å². The van der Waals surface area contributed by atoms with Crippen LogP contribution in [0.25, 0.3) is 10.9 Å². The third-order valence-corrected chi connectivity index (χ3v) is 4.31. The molecule has 2 N–H and O–H groups in total. The minimum atomic E-state index is -0.553. The lowest BCUT2D eigenvalue weighted by atomic mass is 10.2. The summed E-state index contributed by atoms with van der Waals surface area (Å²) in [6.07, 6.45) is 3.11. The van der Waals surface area contributed by atoms with E-state index in [4.69, 9.17) is 9.47 Å². The zero-order chi connectivity index (χ0) is 20.5. The van der Waals surface area contributed by atoms with Crippen molar-refractivity contribution in [2.45, 2.75) is 53.0 Å². The second-order valence-corrected chi connectivity index (χ2v) is 6.40. The van der Waals surface area contributed by atoms with Crippen LogP contribution in [0.1, 0.15) is 46.5 Å². The number of hydrogen-bond donors (Lipinski definition) is 2. The summed E-state index contributed by atoms with van der Waals surface area (Å²) in [7, 11) is 0. The molecular weight excluding hydrogens is 362 g/mol. The fourth-order valence-corrected chi connectivity index (χ4v) is 2.90. The molecule has 8 heteroatoms. The normalized spacial score (nSPS) is 10.8. The Morgan fingerprint density at radius 2 is 1.75 bits per heavy atom. The molecule has 28 heavy (non-hydrogen) atoms. The van der Waals surface area contributed by atoms with Crippen molar-refractivity contribution in [1.29, 1.82) is 0 Å². The van der Waals surface area contributed by atoms with E-state index in [-0.39, 0.29) is 18.9 Å². The molecule has 0 radical (unpaired) electrons. The number of rotatable bonds is 11. The highest BCUT2D eigenvalue weighted by Crippen LogP contribution is 2.30. The SMILES string of the molecule is CCCCCNC(=O)CCn1c(=O)[nH]c2cc(OCC)c(OCC)cc2c1=O. The molecule has 1 heterocycles. The van der Waals surface area contributed by atoms with Crippen molar-refractivity contribution in [3.63, 3.8) is 0 Å². The van der Waals surface area contributed by atoms with Crippen LogP contribution in [0.4, 0.5) is 0 Å². The van der Waals surface area contributed by atoms with Gasteiger partial charge in [0.25, 0.3) is 5.56 Å². The number of carbonyl (C=O) groups is 1. The van der Waals surface area contributed by atoms with E-state index in [1.165, 1.54) is 0 Å². The molecule has 2 aromatic rings. The largest absolute Gasteiger partial charge is 0.490 e. The van der Waals surface area contributed by atoms with E-state index in [1.807, 2.05) is 13.8 Å². The fourth-order valence-electron chi connectivity index (χ4n) is 2.90. The smallest absolute Gasteiger partial charge is 0.328 e. The molecule has 0 aliphatic heterocycles. The van der Waals surface area contributed by atoms with E-state index in [1.54, 1.807) is 12.1 Å². The van der Waals surface area contributed by atoms with Gasteiger partial charge >= 0.3 is 5.69 Å². The Morgan fingerprint density at radius 3 is 2.39 bits per heavy atom. The van der Waals surface area contributed by atoms with Gasteiger partial charge in [-0.25, -0.2) is 4.79 Å². The van der Waals surface area contributed by atoms with Crippen LogP contribution in [0.15, 0.2) is 21.7 Å². The predicted molar refractivity (Wildman–Crippen MR) is 108 cm³/mol. The van der Waals surface area contributed by atoms with Gasteiger partial charge in [0.15, 0.2) is 11.5 Å². The number of aromatic amines is 1. The Bertz CT molecular complexity index is 916. The fraction of sp³-hybridized carbons (Fsp3) is 0.550. The van der Waals surface area contributed by atoms with Crippen molar-refractivity contribution >= 4 is 16.8 Å². The summed E-state index contributed by atoms with van der Waals surface area (Å²) >= 11 is 0. The maximum atomic E-state index is 12.8. The van der Waals surface area contributed by atoms with Crippen LogP contribution in [0, 0.1) is 0 Å². The number of ether oxygens (including phenoxy) is 2. The number of hydrogen-bond acceptors (Lipinski definition) is 5. The average Bonchev–Trinajstić information content (AvgIpc) is 2.66. The lowest BCUT2D eigenvalue weighted by Gasteiger charge is -2.13. The Kier molecular flexibility index (Phi) is 8.10. The number of aromatic nitrogens is 2. The first kappa shape index (κ1) is 21.5. The standard InChI is InChI=1S/C20H29N3O5/c1-4-7-8-10-21-18(24)9-11-23-19(25)14-12-16(27-5-2)17(28-6-3)13-15(14)22-20(23)26/h12-13H,4-11H2,1-3H3,(H,21,24)(H,22,26). The second kappa shape index (κ2) is 10.5. The number of unbranched alkanes of at least 4 members (excludes halogenated alkanes) is 2. The van der Waals surface area contributed by atoms with Gasteiger partial charge in [-0.3, -0.25) is 14.2 Å². The number of amides is 1. The maximum absolute atomic E-state index is 12.8. The summed E-state index contributed by atoms with van der Waals surface area (Å²) in [4.78, 5) is 39.8. The molecule has 0 spiro atoms. The summed E-state index contributed by atoms with van der Waals surface area (Å²) < 4.78 is 12.1. The molecule has 0 atom stereocenters. The number of carbonyl (C=O) groups excluding carboxylic acids is 1. The molecule has 0 unspecified atom stereocenters. The van der Waals surface area contributed by atoms with Crippen molar-refractivity contribution in [2.24, 2.45) is 0 Å². The molecule has 1 aromatic heterocycles. The zero-order valence-corrected chi connectivity index (χ0v) is 16.8. The van der Waals surface area contributed by atoms with Gasteiger partial charge in [0.2, 0.25) is 5.91 Å². The van der Waals surface area contributed by atoms with Gasteiger partial charge in [0, 0.05) is 25.6 Å². The van der Waals surface area contributed by atoms with Crippen molar-refractivity contribution in [3.05, 3.63) is 33.0 Å². The third kappa shape index (κ3) is 5.37. The monoisotopic (exact) mass is 391 g/mol. The van der Waals surface area contributed by atoms with Crippen LogP contribution in [-0.4, -0.2) is 35.2 Å². The van der Waals surface area contributed by atoms with Crippen LogP contribution >= 0.6 is 0 Å². The molecule has 0 aliphatic rings. The van der Waals surface area contributed by atoms with Gasteiger partial charge in [0.1, 0.15) is 0 Å². The van der Waals surface area contributed by atoms with Crippen LogP contribution in [-0.2, 0) is 11.3 Å². The highest BCUT2D eigenvalue weighted by Gasteiger charge is 2.14. The summed E-state index contributed by atoms with van der Waals surface area (Å²) in [6.45, 7) is 7.24. The van der Waals surface area contributed by atoms with Crippen LogP contribution < -0.4 is 26.0 Å². The Balaban J connectivity index is 2.25. The number of benzene rings is 1. The van der Waals surface area contributed by atoms with Gasteiger partial charge in [-0.05, 0) is 26.3 Å². The molecule has 0 saturated heterocycles. The van der Waals surface area contributed by atoms with Gasteiger partial charge in [-0.15, -0.1) is 0 Å². The first-order valence-electron chi connectivity index (χ1n) is 9.84. The molecule has 0 fully saturated rings. The predicted octanol–water partition coefficient (Wildman–Crippen LogP) is 2.18. The number of fused-ring (bicyclic) bond motifs is 1. The molecule has 1 aromatic carbocycles. The van der Waals surface area contributed by atoms with E-state index < -0.39 is 11.2 Å². The van der Waals surface area contributed by atoms with E-state index in [0.717, 1.165) is 23.8 Å². The minimum Gasteiger partial charge on any atom is -0.490 e. The number of nitrogens with zero attached hydrogens (tertiary/aromatic N) is 1. The van der Waals surface area contributed by atoms with E-state index in [2.05, 4.69) is 17.2 Å². The van der Waals surface area contributed by atoms with Crippen molar-refractivity contribution < 1.29 is 14.3 Å². The maximum Gasteiger partial charge on any atom is 0.328 e. The van der Waals surface area contributed by atoms with Crippen LogP contribution in [0.5, 0.6) is 11.5 Å². The van der Waals surface area contributed by atoms with Crippen LogP contribution in [0.3, 0.4) is 0 Å².